The van der Waals surface area contributed by atoms with Crippen LogP contribution >= 0.6 is 7.60 Å². The van der Waals surface area contributed by atoms with Crippen molar-refractivity contribution in [1.29, 1.82) is 0 Å². The highest BCUT2D eigenvalue weighted by Gasteiger charge is 2.21. The zero-order valence-electron chi connectivity index (χ0n) is 25.2. The summed E-state index contributed by atoms with van der Waals surface area (Å²) in [5.74, 6) is 0.527. The lowest BCUT2D eigenvalue weighted by molar-refractivity contribution is -0.160. The van der Waals surface area contributed by atoms with Crippen LogP contribution in [0.3, 0.4) is 0 Å². The van der Waals surface area contributed by atoms with Crippen LogP contribution < -0.4 is 10.5 Å². The molecule has 3 rings (SSSR count). The van der Waals surface area contributed by atoms with Crippen molar-refractivity contribution in [2.45, 2.75) is 52.7 Å². The molecular formula is C28H41N4O11P. The van der Waals surface area contributed by atoms with Crippen molar-refractivity contribution in [2.24, 2.45) is 0 Å². The first-order valence-corrected chi connectivity index (χ1v) is 16.0. The number of hydrogen-bond acceptors (Lipinski definition) is 13. The van der Waals surface area contributed by atoms with Crippen LogP contribution in [0.25, 0.3) is 21.9 Å². The van der Waals surface area contributed by atoms with Gasteiger partial charge in [-0.25, -0.2) is 9.97 Å². The Hall–Kier alpha value is -3.33. The Balaban J connectivity index is 1.46. The van der Waals surface area contributed by atoms with Gasteiger partial charge >= 0.3 is 19.5 Å². The highest BCUT2D eigenvalue weighted by molar-refractivity contribution is 7.52. The molecule has 244 valence electrons. The minimum Gasteiger partial charge on any atom is -0.491 e. The van der Waals surface area contributed by atoms with Crippen LogP contribution in [0, 0.1) is 0 Å². The number of aliphatic hydroxyl groups excluding tert-OH is 1. The van der Waals surface area contributed by atoms with Crippen molar-refractivity contribution >= 4 is 47.3 Å². The number of aromatic nitrogens is 3. The van der Waals surface area contributed by atoms with E-state index in [0.29, 0.717) is 23.3 Å². The summed E-state index contributed by atoms with van der Waals surface area (Å²) < 4.78 is 45.4. The molecule has 1 unspecified atom stereocenters. The Labute approximate surface area is 255 Å². The third kappa shape index (κ3) is 10.7. The van der Waals surface area contributed by atoms with E-state index in [1.807, 2.05) is 10.6 Å². The minimum absolute atomic E-state index is 0.0135. The normalized spacial score (nSPS) is 13.6. The van der Waals surface area contributed by atoms with E-state index >= 15 is 0 Å². The number of carbonyl (C=O) groups excluding carboxylic acids is 2. The highest BCUT2D eigenvalue weighted by Crippen LogP contribution is 2.41. The van der Waals surface area contributed by atoms with E-state index in [1.54, 1.807) is 12.1 Å². The van der Waals surface area contributed by atoms with Gasteiger partial charge in [-0.05, 0) is 18.6 Å². The number of carbonyl (C=O) groups is 2. The molecule has 16 heteroatoms. The van der Waals surface area contributed by atoms with Gasteiger partial charge < -0.3 is 48.5 Å². The fourth-order valence-electron chi connectivity index (χ4n) is 4.34. The van der Waals surface area contributed by atoms with E-state index in [1.165, 1.54) is 13.8 Å². The van der Waals surface area contributed by atoms with Gasteiger partial charge in [-0.15, -0.1) is 0 Å². The second-order valence-electron chi connectivity index (χ2n) is 9.85. The number of esters is 2. The summed E-state index contributed by atoms with van der Waals surface area (Å²) in [6, 6.07) is 5.31. The number of nitrogen functional groups attached to an aromatic ring is 1. The van der Waals surface area contributed by atoms with Crippen molar-refractivity contribution in [2.75, 3.05) is 58.3 Å². The van der Waals surface area contributed by atoms with E-state index in [-0.39, 0.29) is 52.1 Å². The smallest absolute Gasteiger partial charge is 0.353 e. The average molecular weight is 641 g/mol. The molecule has 0 spiro atoms. The van der Waals surface area contributed by atoms with Gasteiger partial charge in [0.25, 0.3) is 0 Å². The van der Waals surface area contributed by atoms with Gasteiger partial charge in [0.15, 0.2) is 11.9 Å². The molecule has 2 aromatic heterocycles. The van der Waals surface area contributed by atoms with Gasteiger partial charge in [0, 0.05) is 38.3 Å². The maximum Gasteiger partial charge on any atom is 0.353 e. The molecule has 2 atom stereocenters. The van der Waals surface area contributed by atoms with Gasteiger partial charge in [0.05, 0.1) is 44.1 Å². The quantitative estimate of drug-likeness (QED) is 0.0923. The number of ether oxygens (including phenoxy) is 5. The second kappa shape index (κ2) is 17.2. The van der Waals surface area contributed by atoms with Crippen LogP contribution in [-0.2, 0) is 50.6 Å². The minimum atomic E-state index is -4.06. The molecule has 15 nitrogen and oxygen atoms in total. The molecule has 1 aromatic carbocycles. The molecule has 2 heterocycles. The number of nitrogens with two attached hydrogens (primary N) is 1. The maximum atomic E-state index is 12.3. The van der Waals surface area contributed by atoms with Crippen molar-refractivity contribution in [3.63, 3.8) is 0 Å². The van der Waals surface area contributed by atoms with Crippen molar-refractivity contribution in [3.8, 4) is 5.75 Å². The maximum absolute atomic E-state index is 12.3. The van der Waals surface area contributed by atoms with Gasteiger partial charge in [0.2, 0.25) is 0 Å². The van der Waals surface area contributed by atoms with Gasteiger partial charge in [-0.1, -0.05) is 13.3 Å². The van der Waals surface area contributed by atoms with Crippen LogP contribution in [-0.4, -0.2) is 95.2 Å². The van der Waals surface area contributed by atoms with Crippen LogP contribution in [0.15, 0.2) is 18.2 Å². The molecule has 44 heavy (non-hydrogen) atoms. The fourth-order valence-corrected chi connectivity index (χ4v) is 5.14. The summed E-state index contributed by atoms with van der Waals surface area (Å²) in [7, 11) is -4.06. The molecule has 0 fully saturated rings. The number of pyridine rings is 1. The molecule has 0 aliphatic carbocycles. The monoisotopic (exact) mass is 640 g/mol. The van der Waals surface area contributed by atoms with Crippen molar-refractivity contribution in [1.82, 2.24) is 14.5 Å². The van der Waals surface area contributed by atoms with Crippen LogP contribution in [0.5, 0.6) is 5.75 Å². The number of benzene rings is 1. The third-order valence-electron chi connectivity index (χ3n) is 6.21. The van der Waals surface area contributed by atoms with Crippen LogP contribution in [0.1, 0.15) is 39.4 Å². The topological polar surface area (TPSA) is 204 Å². The number of nitrogens with zero attached hydrogens (tertiary/aromatic N) is 3. The number of hydrogen-bond donors (Lipinski definition) is 3. The van der Waals surface area contributed by atoms with Gasteiger partial charge in [-0.3, -0.25) is 14.2 Å². The Morgan fingerprint density at radius 2 is 1.84 bits per heavy atom. The fraction of sp³-hybridized carbons (Fsp3) is 0.571. The number of rotatable bonds is 20. The van der Waals surface area contributed by atoms with Crippen LogP contribution in [0.4, 0.5) is 5.82 Å². The lowest BCUT2D eigenvalue weighted by atomic mass is 10.1. The van der Waals surface area contributed by atoms with E-state index in [2.05, 4.69) is 11.9 Å². The number of anilines is 1. The van der Waals surface area contributed by atoms with E-state index < -0.39 is 32.0 Å². The summed E-state index contributed by atoms with van der Waals surface area (Å²) in [6.45, 7) is 4.53. The molecule has 0 bridgehead atoms. The number of fused-ring (bicyclic) bond motifs is 3. The van der Waals surface area contributed by atoms with E-state index in [0.717, 1.165) is 36.0 Å². The van der Waals surface area contributed by atoms with Crippen molar-refractivity contribution in [3.05, 3.63) is 24.0 Å². The Kier molecular flexibility index (Phi) is 13.8. The molecule has 0 radical (unpaired) electrons. The SMILES string of the molecule is CCCCc1nc2c(N)nc3cc(OCCOP(=O)(O)COCCOC[C@@H](COC(C)=O)OC(C)=O)ccc3c2n1CCO. The van der Waals surface area contributed by atoms with Crippen LogP contribution in [0.2, 0.25) is 0 Å². The zero-order chi connectivity index (χ0) is 32.1. The summed E-state index contributed by atoms with van der Waals surface area (Å²) in [4.78, 5) is 41.3. The standard InChI is InChI=1S/C28H41N4O11P/c1-4-5-6-25-31-26-27(32(25)9-10-33)23-8-7-21(15-24(23)30-28(26)29)40-13-14-42-44(36,37)18-39-12-11-38-16-22(43-20(3)35)17-41-19(2)34/h7-8,15,22,33H,4-6,9-14,16-18H2,1-3H3,(H2,29,30)(H,36,37)/t22-/m0/s1. The summed E-state index contributed by atoms with van der Waals surface area (Å²) >= 11 is 0. The summed E-state index contributed by atoms with van der Waals surface area (Å²) in [6.07, 6.45) is 1.39. The first-order chi connectivity index (χ1) is 21.0. The zero-order valence-corrected chi connectivity index (χ0v) is 26.1. The largest absolute Gasteiger partial charge is 0.491 e. The number of imidazole rings is 1. The molecule has 3 aromatic rings. The third-order valence-corrected chi connectivity index (χ3v) is 7.31. The van der Waals surface area contributed by atoms with Crippen molar-refractivity contribution < 1.29 is 52.4 Å². The molecule has 0 aliphatic rings. The van der Waals surface area contributed by atoms with E-state index in [9.17, 15) is 24.2 Å². The summed E-state index contributed by atoms with van der Waals surface area (Å²) in [5, 5.41) is 10.5. The Bertz CT molecular complexity index is 1450. The van der Waals surface area contributed by atoms with E-state index in [4.69, 9.17) is 38.9 Å². The Morgan fingerprint density at radius 1 is 1.07 bits per heavy atom. The highest BCUT2D eigenvalue weighted by atomic mass is 31.2. The number of aryl methyl sites for hydroxylation is 1. The molecule has 0 saturated carbocycles. The lowest BCUT2D eigenvalue weighted by Gasteiger charge is -2.17. The predicted molar refractivity (Wildman–Crippen MR) is 160 cm³/mol. The summed E-state index contributed by atoms with van der Waals surface area (Å²) in [5.41, 5.74) is 8.23. The molecule has 0 saturated heterocycles. The average Bonchev–Trinajstić information content (AvgIpc) is 3.33. The van der Waals surface area contributed by atoms with Gasteiger partial charge in [-0.2, -0.15) is 0 Å². The second-order valence-corrected chi connectivity index (χ2v) is 11.6. The van der Waals surface area contributed by atoms with Gasteiger partial charge in [0.1, 0.15) is 36.7 Å². The predicted octanol–water partition coefficient (Wildman–Crippen LogP) is 2.57. The lowest BCUT2D eigenvalue weighted by Crippen LogP contribution is -2.29. The Morgan fingerprint density at radius 3 is 2.55 bits per heavy atom. The first kappa shape index (κ1) is 35.2. The molecular weight excluding hydrogens is 599 g/mol. The number of unbranched alkanes of at least 4 members (excludes halogenated alkanes) is 1. The molecule has 4 N–H and O–H groups in total. The molecule has 0 aliphatic heterocycles. The first-order valence-electron chi connectivity index (χ1n) is 14.3. The molecule has 0 amide bonds. The number of aliphatic hydroxyl groups is 1.